The molecule has 0 aromatic heterocycles. The zero-order valence-corrected chi connectivity index (χ0v) is 12.0. The number of carbonyl (C=O) groups excluding carboxylic acids is 1. The Balaban J connectivity index is 2.49. The first-order valence-electron chi connectivity index (χ1n) is 6.36. The van der Waals surface area contributed by atoms with E-state index in [-0.39, 0.29) is 25.3 Å². The molecule has 7 heteroatoms. The number of carboxylic acids is 1. The van der Waals surface area contributed by atoms with Crippen LogP contribution in [0.2, 0.25) is 0 Å². The number of rotatable bonds is 8. The maximum atomic E-state index is 11.7. The number of carboxylic acid groups (broad SMARTS) is 1. The lowest BCUT2D eigenvalue weighted by atomic mass is 10.1. The van der Waals surface area contributed by atoms with Gasteiger partial charge in [-0.15, -0.1) is 0 Å². The fourth-order valence-electron chi connectivity index (χ4n) is 1.71. The van der Waals surface area contributed by atoms with Crippen molar-refractivity contribution in [3.63, 3.8) is 0 Å². The molecule has 1 aromatic rings. The molecular weight excluding hydrogens is 278 g/mol. The third kappa shape index (κ3) is 5.31. The number of aliphatic hydroxyl groups is 1. The average molecular weight is 297 g/mol. The minimum absolute atomic E-state index is 0.0347. The van der Waals surface area contributed by atoms with Gasteiger partial charge in [-0.05, 0) is 17.7 Å². The molecule has 0 fully saturated rings. The number of nitrogens with one attached hydrogen (secondary N) is 1. The Hall–Kier alpha value is -2.28. The normalized spacial score (nSPS) is 11.6. The minimum Gasteiger partial charge on any atom is -0.493 e. The van der Waals surface area contributed by atoms with Gasteiger partial charge < -0.3 is 25.0 Å². The van der Waals surface area contributed by atoms with E-state index in [9.17, 15) is 9.59 Å². The summed E-state index contributed by atoms with van der Waals surface area (Å²) in [4.78, 5) is 22.1. The first kappa shape index (κ1) is 16.8. The number of benzene rings is 1. The highest BCUT2D eigenvalue weighted by Crippen LogP contribution is 2.27. The number of aliphatic hydroxyl groups excluding tert-OH is 1. The Morgan fingerprint density at radius 1 is 1.24 bits per heavy atom. The van der Waals surface area contributed by atoms with Crippen LogP contribution in [-0.2, 0) is 16.0 Å². The summed E-state index contributed by atoms with van der Waals surface area (Å²) in [5, 5.41) is 20.1. The zero-order chi connectivity index (χ0) is 15.8. The van der Waals surface area contributed by atoms with Gasteiger partial charge in [0.25, 0.3) is 0 Å². The van der Waals surface area contributed by atoms with Crippen LogP contribution >= 0.6 is 0 Å². The highest BCUT2D eigenvalue weighted by molar-refractivity contribution is 5.79. The standard InChI is InChI=1S/C14H19NO6/c1-20-11-4-3-9(7-12(11)21-2)8-13(17)15-6-5-10(16)14(18)19/h3-4,7,10,16H,5-6,8H2,1-2H3,(H,15,17)(H,18,19). The quantitative estimate of drug-likeness (QED) is 0.633. The minimum atomic E-state index is -1.47. The number of amides is 1. The van der Waals surface area contributed by atoms with E-state index in [1.807, 2.05) is 0 Å². The molecule has 0 saturated carbocycles. The van der Waals surface area contributed by atoms with Gasteiger partial charge in [-0.2, -0.15) is 0 Å². The summed E-state index contributed by atoms with van der Waals surface area (Å²) in [5.74, 6) is -0.459. The Morgan fingerprint density at radius 2 is 1.90 bits per heavy atom. The fraction of sp³-hybridized carbons (Fsp3) is 0.429. The molecule has 0 heterocycles. The number of methoxy groups -OCH3 is 2. The van der Waals surface area contributed by atoms with E-state index in [1.165, 1.54) is 14.2 Å². The smallest absolute Gasteiger partial charge is 0.332 e. The molecule has 1 atom stereocenters. The van der Waals surface area contributed by atoms with Crippen LogP contribution in [0.5, 0.6) is 11.5 Å². The summed E-state index contributed by atoms with van der Waals surface area (Å²) < 4.78 is 10.2. The fourth-order valence-corrected chi connectivity index (χ4v) is 1.71. The Bertz CT molecular complexity index is 502. The molecule has 1 amide bonds. The molecule has 0 aliphatic rings. The van der Waals surface area contributed by atoms with Gasteiger partial charge in [-0.3, -0.25) is 4.79 Å². The third-order valence-electron chi connectivity index (χ3n) is 2.84. The Morgan fingerprint density at radius 3 is 2.48 bits per heavy atom. The van der Waals surface area contributed by atoms with Gasteiger partial charge in [0.05, 0.1) is 20.6 Å². The van der Waals surface area contributed by atoms with E-state index in [4.69, 9.17) is 19.7 Å². The van der Waals surface area contributed by atoms with Gasteiger partial charge in [0.1, 0.15) is 0 Å². The Labute approximate surface area is 122 Å². The summed E-state index contributed by atoms with van der Waals surface area (Å²) in [6.45, 7) is 0.0968. The van der Waals surface area contributed by atoms with E-state index in [0.29, 0.717) is 11.5 Å². The van der Waals surface area contributed by atoms with Gasteiger partial charge in [0.15, 0.2) is 17.6 Å². The van der Waals surface area contributed by atoms with Crippen molar-refractivity contribution in [3.05, 3.63) is 23.8 Å². The van der Waals surface area contributed by atoms with Crippen molar-refractivity contribution >= 4 is 11.9 Å². The first-order chi connectivity index (χ1) is 9.97. The van der Waals surface area contributed by atoms with Crippen molar-refractivity contribution in [1.29, 1.82) is 0 Å². The molecule has 0 radical (unpaired) electrons. The van der Waals surface area contributed by atoms with Crippen molar-refractivity contribution in [1.82, 2.24) is 5.32 Å². The number of carbonyl (C=O) groups is 2. The van der Waals surface area contributed by atoms with Crippen LogP contribution < -0.4 is 14.8 Å². The Kier molecular flexibility index (Phi) is 6.48. The molecular formula is C14H19NO6. The molecule has 1 unspecified atom stereocenters. The highest BCUT2D eigenvalue weighted by Gasteiger charge is 2.13. The number of hydrogen-bond donors (Lipinski definition) is 3. The van der Waals surface area contributed by atoms with Gasteiger partial charge in [0.2, 0.25) is 5.91 Å². The maximum Gasteiger partial charge on any atom is 0.332 e. The van der Waals surface area contributed by atoms with Crippen LogP contribution in [0.3, 0.4) is 0 Å². The van der Waals surface area contributed by atoms with Crippen molar-refractivity contribution in [2.24, 2.45) is 0 Å². The van der Waals surface area contributed by atoms with Crippen LogP contribution in [0.15, 0.2) is 18.2 Å². The van der Waals surface area contributed by atoms with Crippen molar-refractivity contribution in [3.8, 4) is 11.5 Å². The van der Waals surface area contributed by atoms with Crippen LogP contribution in [0.4, 0.5) is 0 Å². The summed E-state index contributed by atoms with van der Waals surface area (Å²) in [6.07, 6.45) is -1.37. The van der Waals surface area contributed by atoms with Crippen molar-refractivity contribution in [2.45, 2.75) is 18.9 Å². The van der Waals surface area contributed by atoms with E-state index in [0.717, 1.165) is 5.56 Å². The lowest BCUT2D eigenvalue weighted by molar-refractivity contribution is -0.147. The average Bonchev–Trinajstić information content (AvgIpc) is 2.46. The number of ether oxygens (including phenoxy) is 2. The lowest BCUT2D eigenvalue weighted by Gasteiger charge is -2.10. The van der Waals surface area contributed by atoms with E-state index < -0.39 is 12.1 Å². The predicted octanol–water partition coefficient (Wildman–Crippen LogP) is 0.198. The SMILES string of the molecule is COc1ccc(CC(=O)NCCC(O)C(=O)O)cc1OC. The predicted molar refractivity (Wildman–Crippen MR) is 74.5 cm³/mol. The largest absolute Gasteiger partial charge is 0.493 e. The van der Waals surface area contributed by atoms with Crippen LogP contribution in [0, 0.1) is 0 Å². The second-order valence-electron chi connectivity index (χ2n) is 4.36. The van der Waals surface area contributed by atoms with Crippen molar-refractivity contribution in [2.75, 3.05) is 20.8 Å². The van der Waals surface area contributed by atoms with Gasteiger partial charge >= 0.3 is 5.97 Å². The van der Waals surface area contributed by atoms with Crippen LogP contribution in [0.1, 0.15) is 12.0 Å². The lowest BCUT2D eigenvalue weighted by Crippen LogP contribution is -2.30. The summed E-state index contributed by atoms with van der Waals surface area (Å²) >= 11 is 0. The molecule has 1 aromatic carbocycles. The number of aliphatic carboxylic acids is 1. The van der Waals surface area contributed by atoms with E-state index in [2.05, 4.69) is 5.32 Å². The summed E-state index contributed by atoms with van der Waals surface area (Å²) in [7, 11) is 3.03. The van der Waals surface area contributed by atoms with E-state index >= 15 is 0 Å². The maximum absolute atomic E-state index is 11.7. The molecule has 116 valence electrons. The van der Waals surface area contributed by atoms with Crippen LogP contribution in [0.25, 0.3) is 0 Å². The second-order valence-corrected chi connectivity index (χ2v) is 4.36. The van der Waals surface area contributed by atoms with Gasteiger partial charge in [-0.1, -0.05) is 6.07 Å². The topological polar surface area (TPSA) is 105 Å². The molecule has 1 rings (SSSR count). The summed E-state index contributed by atoms with van der Waals surface area (Å²) in [5.41, 5.74) is 0.740. The molecule has 0 aliphatic heterocycles. The van der Waals surface area contributed by atoms with E-state index in [1.54, 1.807) is 18.2 Å². The molecule has 7 nitrogen and oxygen atoms in total. The van der Waals surface area contributed by atoms with Crippen LogP contribution in [-0.4, -0.2) is 49.0 Å². The molecule has 21 heavy (non-hydrogen) atoms. The molecule has 0 spiro atoms. The molecule has 0 bridgehead atoms. The van der Waals surface area contributed by atoms with Gasteiger partial charge in [0, 0.05) is 13.0 Å². The molecule has 0 saturated heterocycles. The zero-order valence-electron chi connectivity index (χ0n) is 12.0. The third-order valence-corrected chi connectivity index (χ3v) is 2.84. The highest BCUT2D eigenvalue weighted by atomic mass is 16.5. The molecule has 0 aliphatic carbocycles. The molecule has 3 N–H and O–H groups in total. The van der Waals surface area contributed by atoms with Crippen molar-refractivity contribution < 1.29 is 29.3 Å². The second kappa shape index (κ2) is 8.11. The number of hydrogen-bond acceptors (Lipinski definition) is 5. The first-order valence-corrected chi connectivity index (χ1v) is 6.36. The summed E-state index contributed by atoms with van der Waals surface area (Å²) in [6, 6.07) is 5.15. The van der Waals surface area contributed by atoms with Gasteiger partial charge in [-0.25, -0.2) is 4.79 Å². The monoisotopic (exact) mass is 297 g/mol.